The number of halogens is 1. The minimum Gasteiger partial charge on any atom is -0.444 e. The van der Waals surface area contributed by atoms with E-state index < -0.39 is 11.7 Å². The number of alkyl carbamates (subject to hydrolysis) is 1. The number of amides is 1. The summed E-state index contributed by atoms with van der Waals surface area (Å²) in [6, 6.07) is 7.66. The van der Waals surface area contributed by atoms with E-state index in [4.69, 9.17) is 9.84 Å². The lowest BCUT2D eigenvalue weighted by molar-refractivity contribution is 0.0485. The summed E-state index contributed by atoms with van der Waals surface area (Å²) in [5.41, 5.74) is 1.41. The molecule has 2 aromatic rings. The van der Waals surface area contributed by atoms with Crippen LogP contribution in [0.15, 0.2) is 39.0 Å². The van der Waals surface area contributed by atoms with E-state index in [1.54, 1.807) is 16.4 Å². The largest absolute Gasteiger partial charge is 0.444 e. The normalized spacial score (nSPS) is 15.0. The van der Waals surface area contributed by atoms with E-state index in [9.17, 15) is 4.79 Å². The molecular weight excluding hydrogens is 442 g/mol. The molecule has 1 aromatic carbocycles. The van der Waals surface area contributed by atoms with Gasteiger partial charge in [0, 0.05) is 10.2 Å². The number of hydrogen-bond donors (Lipinski definition) is 1. The maximum absolute atomic E-state index is 12.3. The van der Waals surface area contributed by atoms with Gasteiger partial charge in [-0.3, -0.25) is 0 Å². The summed E-state index contributed by atoms with van der Waals surface area (Å²) in [6.07, 6.45) is -0.482. The molecule has 0 saturated heterocycles. The molecule has 7 nitrogen and oxygen atoms in total. The Bertz CT molecular complexity index is 887. The van der Waals surface area contributed by atoms with E-state index in [0.29, 0.717) is 16.7 Å². The average Bonchev–Trinajstić information content (AvgIpc) is 3.01. The van der Waals surface area contributed by atoms with E-state index >= 15 is 0 Å². The predicted octanol–water partition coefficient (Wildman–Crippen LogP) is 4.62. The van der Waals surface area contributed by atoms with Crippen molar-refractivity contribution in [3.05, 3.63) is 40.1 Å². The highest BCUT2D eigenvalue weighted by Crippen LogP contribution is 2.29. The number of thioether (sulfide) groups is 1. The molecule has 1 aromatic heterocycles. The molecule has 1 amide bonds. The quantitative estimate of drug-likeness (QED) is 0.711. The highest BCUT2D eigenvalue weighted by Gasteiger charge is 2.30. The Morgan fingerprint density at radius 2 is 1.93 bits per heavy atom. The first-order valence-electron chi connectivity index (χ1n) is 9.05. The van der Waals surface area contributed by atoms with Gasteiger partial charge in [0.15, 0.2) is 5.82 Å². The van der Waals surface area contributed by atoms with Gasteiger partial charge in [0.05, 0.1) is 11.8 Å². The zero-order valence-electron chi connectivity index (χ0n) is 16.6. The minimum atomic E-state index is -0.571. The number of nitrogens with one attached hydrogen (secondary N) is 1. The third-order valence-corrected chi connectivity index (χ3v) is 5.45. The molecule has 150 valence electrons. The Labute approximate surface area is 177 Å². The zero-order chi connectivity index (χ0) is 20.5. The maximum atomic E-state index is 12.3. The van der Waals surface area contributed by atoms with Gasteiger partial charge in [0.25, 0.3) is 0 Å². The minimum absolute atomic E-state index is 0.0825. The molecule has 1 unspecified atom stereocenters. The molecule has 0 aliphatic carbocycles. The van der Waals surface area contributed by atoms with Crippen LogP contribution >= 0.6 is 27.7 Å². The molecule has 9 heteroatoms. The number of carbonyl (C=O) groups excluding carboxylic acids is 1. The summed E-state index contributed by atoms with van der Waals surface area (Å²) in [7, 11) is 0. The van der Waals surface area contributed by atoms with Crippen molar-refractivity contribution < 1.29 is 9.53 Å². The topological polar surface area (TPSA) is 81.4 Å². The summed E-state index contributed by atoms with van der Waals surface area (Å²) in [5.74, 6) is 1.39. The summed E-state index contributed by atoms with van der Waals surface area (Å²) in [4.78, 5) is 12.3. The summed E-state index contributed by atoms with van der Waals surface area (Å²) in [6.45, 7) is 9.53. The van der Waals surface area contributed by atoms with Gasteiger partial charge < -0.3 is 10.1 Å². The molecule has 0 saturated carbocycles. The van der Waals surface area contributed by atoms with E-state index in [0.717, 1.165) is 15.7 Å². The van der Waals surface area contributed by atoms with Gasteiger partial charge in [-0.25, -0.2) is 4.79 Å². The standard InChI is InChI=1S/C19H24BrN5O2S/c1-11(2)15(21-18(26)27-19(3,4)5)16-22-23-17-25(16)24-14(10-28-17)12-6-8-13(20)9-7-12/h6-9,11,15H,10H2,1-5H3,(H,21,26). The Morgan fingerprint density at radius 3 is 2.54 bits per heavy atom. The third-order valence-electron chi connectivity index (χ3n) is 3.99. The van der Waals surface area contributed by atoms with Crippen molar-refractivity contribution in [2.75, 3.05) is 5.75 Å². The molecule has 1 aliphatic heterocycles. The first kappa shape index (κ1) is 20.9. The summed E-state index contributed by atoms with van der Waals surface area (Å²) < 4.78 is 8.16. The summed E-state index contributed by atoms with van der Waals surface area (Å²) in [5, 5.41) is 17.0. The first-order chi connectivity index (χ1) is 13.1. The molecule has 3 rings (SSSR count). The fraction of sp³-hybridized carbons (Fsp3) is 0.474. The molecule has 1 N–H and O–H groups in total. The van der Waals surface area contributed by atoms with Crippen molar-refractivity contribution in [2.24, 2.45) is 11.0 Å². The lowest BCUT2D eigenvalue weighted by Crippen LogP contribution is -2.38. The van der Waals surface area contributed by atoms with Crippen LogP contribution in [0, 0.1) is 5.92 Å². The number of nitrogens with zero attached hydrogens (tertiary/aromatic N) is 4. The van der Waals surface area contributed by atoms with Crippen molar-refractivity contribution in [1.29, 1.82) is 0 Å². The third kappa shape index (κ3) is 4.94. The Morgan fingerprint density at radius 1 is 1.25 bits per heavy atom. The number of ether oxygens (including phenoxy) is 1. The number of hydrogen-bond acceptors (Lipinski definition) is 6. The lowest BCUT2D eigenvalue weighted by atomic mass is 10.0. The Balaban J connectivity index is 1.90. The van der Waals surface area contributed by atoms with Crippen LogP contribution in [-0.4, -0.2) is 38.0 Å². The Hall–Kier alpha value is -1.87. The van der Waals surface area contributed by atoms with Crippen molar-refractivity contribution >= 4 is 39.5 Å². The average molecular weight is 466 g/mol. The van der Waals surface area contributed by atoms with Crippen molar-refractivity contribution in [2.45, 2.75) is 51.4 Å². The maximum Gasteiger partial charge on any atom is 0.408 e. The number of carbonyl (C=O) groups is 1. The van der Waals surface area contributed by atoms with Gasteiger partial charge in [-0.2, -0.15) is 9.78 Å². The fourth-order valence-electron chi connectivity index (χ4n) is 2.68. The van der Waals surface area contributed by atoms with Crippen molar-refractivity contribution in [1.82, 2.24) is 20.2 Å². The number of benzene rings is 1. The van der Waals surface area contributed by atoms with Gasteiger partial charge in [-0.15, -0.1) is 10.2 Å². The van der Waals surface area contributed by atoms with Gasteiger partial charge in [-0.1, -0.05) is 53.7 Å². The highest BCUT2D eigenvalue weighted by molar-refractivity contribution is 9.10. The van der Waals surface area contributed by atoms with Crippen LogP contribution in [0.5, 0.6) is 0 Å². The predicted molar refractivity (Wildman–Crippen MR) is 114 cm³/mol. The van der Waals surface area contributed by atoms with Crippen LogP contribution in [0.2, 0.25) is 0 Å². The SMILES string of the molecule is CC(C)C(NC(=O)OC(C)(C)C)c1nnc2n1N=C(c1ccc(Br)cc1)CS2. The van der Waals surface area contributed by atoms with E-state index in [-0.39, 0.29) is 12.0 Å². The molecule has 28 heavy (non-hydrogen) atoms. The van der Waals surface area contributed by atoms with E-state index in [2.05, 4.69) is 31.4 Å². The second-order valence-corrected chi connectivity index (χ2v) is 9.72. The van der Waals surface area contributed by atoms with Gasteiger partial charge in [-0.05, 0) is 44.4 Å². The van der Waals surface area contributed by atoms with Crippen LogP contribution < -0.4 is 5.32 Å². The molecule has 1 atom stereocenters. The molecule has 2 heterocycles. The fourth-order valence-corrected chi connectivity index (χ4v) is 3.79. The monoisotopic (exact) mass is 465 g/mol. The van der Waals surface area contributed by atoms with Crippen LogP contribution in [-0.2, 0) is 4.74 Å². The number of rotatable bonds is 4. The smallest absolute Gasteiger partial charge is 0.408 e. The van der Waals surface area contributed by atoms with Gasteiger partial charge in [0.1, 0.15) is 5.60 Å². The highest BCUT2D eigenvalue weighted by atomic mass is 79.9. The van der Waals surface area contributed by atoms with Crippen LogP contribution in [0.1, 0.15) is 52.0 Å². The number of fused-ring (bicyclic) bond motifs is 1. The zero-order valence-corrected chi connectivity index (χ0v) is 19.0. The molecular formula is C19H24BrN5O2S. The van der Waals surface area contributed by atoms with Crippen molar-refractivity contribution in [3.8, 4) is 0 Å². The molecule has 0 bridgehead atoms. The van der Waals surface area contributed by atoms with E-state index in [1.807, 2.05) is 58.9 Å². The van der Waals surface area contributed by atoms with Crippen LogP contribution in [0.3, 0.4) is 0 Å². The molecule has 0 spiro atoms. The summed E-state index contributed by atoms with van der Waals surface area (Å²) >= 11 is 5.03. The first-order valence-corrected chi connectivity index (χ1v) is 10.8. The number of aromatic nitrogens is 3. The van der Waals surface area contributed by atoms with Gasteiger partial charge >= 0.3 is 6.09 Å². The van der Waals surface area contributed by atoms with Gasteiger partial charge in [0.2, 0.25) is 5.16 Å². The lowest BCUT2D eigenvalue weighted by Gasteiger charge is -2.25. The molecule has 0 radical (unpaired) electrons. The van der Waals surface area contributed by atoms with E-state index in [1.165, 1.54) is 0 Å². The Kier molecular flexibility index (Phi) is 6.14. The molecule has 0 fully saturated rings. The second kappa shape index (κ2) is 8.24. The second-order valence-electron chi connectivity index (χ2n) is 7.86. The van der Waals surface area contributed by atoms with Crippen LogP contribution in [0.4, 0.5) is 4.79 Å². The molecule has 1 aliphatic rings. The van der Waals surface area contributed by atoms with Crippen LogP contribution in [0.25, 0.3) is 0 Å². The van der Waals surface area contributed by atoms with Crippen molar-refractivity contribution in [3.63, 3.8) is 0 Å².